The van der Waals surface area contributed by atoms with Gasteiger partial charge >= 0.3 is 0 Å². The smallest absolute Gasteiger partial charge is 0.269 e. The molecule has 2 fully saturated rings. The summed E-state index contributed by atoms with van der Waals surface area (Å²) in [4.78, 5) is 17.0. The number of hydrogen-bond donors (Lipinski definition) is 1. The van der Waals surface area contributed by atoms with Crippen molar-refractivity contribution < 1.29 is 4.42 Å². The Balaban J connectivity index is 1.21. The van der Waals surface area contributed by atoms with Gasteiger partial charge in [0.05, 0.1) is 5.69 Å². The van der Waals surface area contributed by atoms with Crippen LogP contribution in [0.3, 0.4) is 0 Å². The molecule has 1 atom stereocenters. The Hall–Kier alpha value is -2.75. The van der Waals surface area contributed by atoms with E-state index in [0.29, 0.717) is 29.5 Å². The first kappa shape index (κ1) is 24.0. The quantitative estimate of drug-likeness (QED) is 0.548. The lowest BCUT2D eigenvalue weighted by atomic mass is 9.97. The van der Waals surface area contributed by atoms with E-state index in [9.17, 15) is 0 Å². The van der Waals surface area contributed by atoms with E-state index in [1.54, 1.807) is 0 Å². The normalized spacial score (nSPS) is 20.4. The van der Waals surface area contributed by atoms with Crippen LogP contribution in [0.15, 0.2) is 35.1 Å². The number of piperazine rings is 1. The van der Waals surface area contributed by atoms with Crippen molar-refractivity contribution in [2.45, 2.75) is 51.7 Å². The van der Waals surface area contributed by atoms with Gasteiger partial charge in [-0.3, -0.25) is 9.80 Å². The summed E-state index contributed by atoms with van der Waals surface area (Å²) in [6.45, 7) is 10.4. The molecule has 1 aromatic carbocycles. The maximum absolute atomic E-state index is 6.23. The number of anilines is 2. The van der Waals surface area contributed by atoms with E-state index >= 15 is 0 Å². The minimum atomic E-state index is 0.295. The number of aromatic nitrogens is 4. The third-order valence-electron chi connectivity index (χ3n) is 7.28. The van der Waals surface area contributed by atoms with Gasteiger partial charge in [-0.2, -0.15) is 0 Å². The van der Waals surface area contributed by atoms with Crippen molar-refractivity contribution >= 4 is 23.2 Å². The van der Waals surface area contributed by atoms with E-state index in [2.05, 4.69) is 48.9 Å². The van der Waals surface area contributed by atoms with Crippen molar-refractivity contribution in [3.8, 4) is 11.6 Å². The van der Waals surface area contributed by atoms with Crippen LogP contribution in [-0.4, -0.2) is 74.8 Å². The van der Waals surface area contributed by atoms with Gasteiger partial charge in [0.15, 0.2) is 17.3 Å². The molecular formula is C25H33ClN8O. The molecule has 2 aliphatic heterocycles. The maximum atomic E-state index is 6.23. The molecule has 0 saturated carbocycles. The molecular weight excluding hydrogens is 464 g/mol. The lowest BCUT2D eigenvalue weighted by Crippen LogP contribution is -2.58. The summed E-state index contributed by atoms with van der Waals surface area (Å²) in [5.74, 6) is 1.46. The van der Waals surface area contributed by atoms with Crippen LogP contribution in [0.25, 0.3) is 11.6 Å². The van der Waals surface area contributed by atoms with Crippen LogP contribution >= 0.6 is 11.6 Å². The fraction of sp³-hybridized carbons (Fsp3) is 0.520. The summed E-state index contributed by atoms with van der Waals surface area (Å²) < 4.78 is 5.27. The van der Waals surface area contributed by atoms with Crippen molar-refractivity contribution in [3.63, 3.8) is 0 Å². The highest BCUT2D eigenvalue weighted by Crippen LogP contribution is 2.29. The third kappa shape index (κ3) is 5.27. The highest BCUT2D eigenvalue weighted by Gasteiger charge is 2.34. The number of benzene rings is 1. The van der Waals surface area contributed by atoms with Crippen LogP contribution in [0.2, 0.25) is 5.02 Å². The molecule has 0 amide bonds. The fourth-order valence-electron chi connectivity index (χ4n) is 5.42. The molecule has 0 aliphatic carbocycles. The van der Waals surface area contributed by atoms with Gasteiger partial charge < -0.3 is 15.1 Å². The Morgan fingerprint density at radius 3 is 2.54 bits per heavy atom. The molecule has 2 aliphatic rings. The number of hydrogen-bond acceptors (Lipinski definition) is 9. The summed E-state index contributed by atoms with van der Waals surface area (Å²) in [5, 5.41) is 8.44. The van der Waals surface area contributed by atoms with Gasteiger partial charge in [-0.25, -0.2) is 9.97 Å². The first-order chi connectivity index (χ1) is 17.0. The van der Waals surface area contributed by atoms with Crippen LogP contribution in [-0.2, 0) is 6.54 Å². The number of rotatable bonds is 6. The second-order valence-corrected chi connectivity index (χ2v) is 9.93. The molecule has 10 heteroatoms. The Labute approximate surface area is 211 Å². The lowest BCUT2D eigenvalue weighted by molar-refractivity contribution is 0.0610. The Kier molecular flexibility index (Phi) is 7.17. The number of piperidine rings is 1. The zero-order valence-corrected chi connectivity index (χ0v) is 21.2. The zero-order chi connectivity index (χ0) is 24.4. The van der Waals surface area contributed by atoms with Gasteiger partial charge in [0.25, 0.3) is 5.89 Å². The van der Waals surface area contributed by atoms with Crippen molar-refractivity contribution in [1.29, 1.82) is 0 Å². The number of aryl methyl sites for hydroxylation is 1. The van der Waals surface area contributed by atoms with Gasteiger partial charge in [-0.05, 0) is 57.0 Å². The molecule has 2 aromatic heterocycles. The van der Waals surface area contributed by atoms with E-state index in [1.165, 1.54) is 24.8 Å². The monoisotopic (exact) mass is 496 g/mol. The fourth-order valence-corrected chi connectivity index (χ4v) is 5.55. The van der Waals surface area contributed by atoms with Crippen LogP contribution in [0.1, 0.15) is 37.4 Å². The molecule has 2 saturated heterocycles. The van der Waals surface area contributed by atoms with Crippen molar-refractivity contribution in [3.05, 3.63) is 46.9 Å². The summed E-state index contributed by atoms with van der Waals surface area (Å²) in [6, 6.07) is 9.33. The Morgan fingerprint density at radius 1 is 1.09 bits per heavy atom. The van der Waals surface area contributed by atoms with E-state index in [4.69, 9.17) is 26.7 Å². The van der Waals surface area contributed by atoms with Crippen molar-refractivity contribution in [2.75, 3.05) is 43.4 Å². The van der Waals surface area contributed by atoms with Crippen molar-refractivity contribution in [2.24, 2.45) is 0 Å². The summed E-state index contributed by atoms with van der Waals surface area (Å²) in [5.41, 5.74) is 8.82. The molecule has 0 bridgehead atoms. The molecule has 35 heavy (non-hydrogen) atoms. The first-order valence-corrected chi connectivity index (χ1v) is 12.8. The molecule has 4 heterocycles. The highest BCUT2D eigenvalue weighted by molar-refractivity contribution is 6.30. The predicted octanol–water partition coefficient (Wildman–Crippen LogP) is 3.64. The molecule has 0 radical (unpaired) electrons. The third-order valence-corrected chi connectivity index (χ3v) is 7.53. The van der Waals surface area contributed by atoms with E-state index in [1.807, 2.05) is 19.1 Å². The van der Waals surface area contributed by atoms with E-state index < -0.39 is 0 Å². The largest absolute Gasteiger partial charge is 0.422 e. The lowest BCUT2D eigenvalue weighted by Gasteiger charge is -2.47. The SMILES string of the molecule is CCC1CN(c2nc(N)c(-c3nnco3)nc2C)CCN1C1CCN(Cc2ccc(Cl)cc2)CC1. The average molecular weight is 497 g/mol. The second kappa shape index (κ2) is 10.5. The van der Waals surface area contributed by atoms with Crippen LogP contribution in [0.4, 0.5) is 11.6 Å². The predicted molar refractivity (Wildman–Crippen MR) is 137 cm³/mol. The number of likely N-dealkylation sites (tertiary alicyclic amines) is 1. The van der Waals surface area contributed by atoms with Gasteiger partial charge in [0.1, 0.15) is 0 Å². The minimum absolute atomic E-state index is 0.295. The van der Waals surface area contributed by atoms with Crippen molar-refractivity contribution in [1.82, 2.24) is 30.0 Å². The molecule has 3 aromatic rings. The molecule has 5 rings (SSSR count). The van der Waals surface area contributed by atoms with Gasteiger partial charge in [0, 0.05) is 43.3 Å². The Morgan fingerprint density at radius 2 is 1.86 bits per heavy atom. The Bertz CT molecular complexity index is 1120. The minimum Gasteiger partial charge on any atom is -0.422 e. The van der Waals surface area contributed by atoms with Gasteiger partial charge in [0.2, 0.25) is 6.39 Å². The maximum Gasteiger partial charge on any atom is 0.269 e. The van der Waals surface area contributed by atoms with Crippen LogP contribution in [0, 0.1) is 6.92 Å². The number of nitrogen functional groups attached to an aromatic ring is 1. The number of halogens is 1. The van der Waals surface area contributed by atoms with Crippen LogP contribution < -0.4 is 10.6 Å². The summed E-state index contributed by atoms with van der Waals surface area (Å²) in [7, 11) is 0. The highest BCUT2D eigenvalue weighted by atomic mass is 35.5. The zero-order valence-electron chi connectivity index (χ0n) is 20.4. The van der Waals surface area contributed by atoms with E-state index in [-0.39, 0.29) is 0 Å². The molecule has 0 spiro atoms. The van der Waals surface area contributed by atoms with Gasteiger partial charge in [-0.15, -0.1) is 10.2 Å². The standard InChI is InChI=1S/C25H33ClN8O/c1-3-20-15-33(24-17(2)29-22(23(27)30-24)25-31-28-16-35-25)12-13-34(20)21-8-10-32(11-9-21)14-18-4-6-19(26)7-5-18/h4-7,16,20-21H,3,8-15H2,1-2H3,(H2,27,30). The van der Waals surface area contributed by atoms with E-state index in [0.717, 1.165) is 62.2 Å². The van der Waals surface area contributed by atoms with Gasteiger partial charge in [-0.1, -0.05) is 30.7 Å². The number of nitrogens with zero attached hydrogens (tertiary/aromatic N) is 7. The molecule has 186 valence electrons. The molecule has 2 N–H and O–H groups in total. The average Bonchev–Trinajstić information content (AvgIpc) is 3.41. The second-order valence-electron chi connectivity index (χ2n) is 9.49. The topological polar surface area (TPSA) is 100 Å². The summed E-state index contributed by atoms with van der Waals surface area (Å²) in [6.07, 6.45) is 4.78. The van der Waals surface area contributed by atoms with Crippen LogP contribution in [0.5, 0.6) is 0 Å². The molecule has 1 unspecified atom stereocenters. The number of nitrogens with two attached hydrogens (primary N) is 1. The molecule has 9 nitrogen and oxygen atoms in total. The summed E-state index contributed by atoms with van der Waals surface area (Å²) >= 11 is 6.04. The first-order valence-electron chi connectivity index (χ1n) is 12.4.